The number of ether oxygens (including phenoxy) is 1. The Balaban J connectivity index is 1.45. The number of hydrogen-bond acceptors (Lipinski definition) is 5. The molecule has 1 saturated carbocycles. The predicted molar refractivity (Wildman–Crippen MR) is 124 cm³/mol. The summed E-state index contributed by atoms with van der Waals surface area (Å²) in [5, 5.41) is 4.80. The average molecular weight is 433 g/mol. The molecule has 6 heteroatoms. The van der Waals surface area contributed by atoms with Crippen LogP contribution >= 0.6 is 11.3 Å². The molecule has 1 fully saturated rings. The number of carbonyl (C=O) groups excluding carboxylic acids is 1. The molecule has 2 heterocycles. The van der Waals surface area contributed by atoms with Crippen LogP contribution in [0.5, 0.6) is 0 Å². The van der Waals surface area contributed by atoms with Gasteiger partial charge in [0.05, 0.1) is 11.7 Å². The zero-order valence-corrected chi connectivity index (χ0v) is 18.2. The molecule has 0 aliphatic heterocycles. The van der Waals surface area contributed by atoms with Crippen LogP contribution in [-0.2, 0) is 16.1 Å². The van der Waals surface area contributed by atoms with E-state index in [0.29, 0.717) is 16.1 Å². The molecular formula is C25H24N2O3S. The second kappa shape index (κ2) is 8.27. The highest BCUT2D eigenvalue weighted by Crippen LogP contribution is 2.32. The van der Waals surface area contributed by atoms with Crippen molar-refractivity contribution >= 4 is 38.3 Å². The van der Waals surface area contributed by atoms with Gasteiger partial charge in [0.2, 0.25) is 0 Å². The lowest BCUT2D eigenvalue weighted by Crippen LogP contribution is -2.30. The second-order valence-corrected chi connectivity index (χ2v) is 9.31. The number of benzene rings is 2. The molecule has 0 spiro atoms. The van der Waals surface area contributed by atoms with Crippen molar-refractivity contribution in [3.05, 3.63) is 64.5 Å². The normalized spacial score (nSPS) is 19.0. The summed E-state index contributed by atoms with van der Waals surface area (Å²) in [7, 11) is 0. The highest BCUT2D eigenvalue weighted by Gasteiger charge is 2.23. The van der Waals surface area contributed by atoms with Gasteiger partial charge in [-0.05, 0) is 47.6 Å². The van der Waals surface area contributed by atoms with Gasteiger partial charge in [-0.3, -0.25) is 14.2 Å². The third kappa shape index (κ3) is 4.00. The smallest absolute Gasteiger partial charge is 0.326 e. The van der Waals surface area contributed by atoms with Crippen LogP contribution in [0.15, 0.2) is 59.0 Å². The van der Waals surface area contributed by atoms with Crippen LogP contribution < -0.4 is 5.56 Å². The van der Waals surface area contributed by atoms with Crippen molar-refractivity contribution in [3.8, 4) is 11.1 Å². The SMILES string of the molecule is CC1CCCC(OC(=O)Cn2cnc3scc(-c4ccc5ccccc5c4)c3c2=O)C1. The van der Waals surface area contributed by atoms with Crippen LogP contribution in [0, 0.1) is 5.92 Å². The maximum absolute atomic E-state index is 13.2. The van der Waals surface area contributed by atoms with Crippen molar-refractivity contribution in [2.45, 2.75) is 45.3 Å². The number of aromatic nitrogens is 2. The van der Waals surface area contributed by atoms with Crippen LogP contribution in [0.4, 0.5) is 0 Å². The first-order valence-electron chi connectivity index (χ1n) is 10.7. The number of hydrogen-bond donors (Lipinski definition) is 0. The van der Waals surface area contributed by atoms with Gasteiger partial charge in [0.15, 0.2) is 0 Å². The number of thiophene rings is 1. The molecule has 2 unspecified atom stereocenters. The number of rotatable bonds is 4. The molecular weight excluding hydrogens is 408 g/mol. The molecule has 0 amide bonds. The average Bonchev–Trinajstić information content (AvgIpc) is 3.20. The fourth-order valence-electron chi connectivity index (χ4n) is 4.50. The third-order valence-corrected chi connectivity index (χ3v) is 6.99. The standard InChI is InChI=1S/C25H24N2O3S/c1-16-5-4-8-20(11-16)30-22(28)13-27-15-26-24-23(25(27)29)21(14-31-24)19-10-9-17-6-2-3-7-18(17)12-19/h2-3,6-7,9-10,12,14-16,20H,4-5,8,11,13H2,1H3. The Morgan fingerprint density at radius 1 is 1.19 bits per heavy atom. The monoisotopic (exact) mass is 432 g/mol. The van der Waals surface area contributed by atoms with E-state index >= 15 is 0 Å². The van der Waals surface area contributed by atoms with Gasteiger partial charge in [0.25, 0.3) is 5.56 Å². The van der Waals surface area contributed by atoms with Gasteiger partial charge in [0.1, 0.15) is 17.5 Å². The summed E-state index contributed by atoms with van der Waals surface area (Å²) < 4.78 is 7.02. The summed E-state index contributed by atoms with van der Waals surface area (Å²) in [6.45, 7) is 2.08. The van der Waals surface area contributed by atoms with Crippen molar-refractivity contribution in [2.75, 3.05) is 0 Å². The Morgan fingerprint density at radius 2 is 2.03 bits per heavy atom. The van der Waals surface area contributed by atoms with Gasteiger partial charge in [-0.15, -0.1) is 11.3 Å². The van der Waals surface area contributed by atoms with Crippen LogP contribution in [-0.4, -0.2) is 21.6 Å². The van der Waals surface area contributed by atoms with Gasteiger partial charge in [0, 0.05) is 10.9 Å². The predicted octanol–water partition coefficient (Wildman–Crippen LogP) is 5.40. The fraction of sp³-hybridized carbons (Fsp3) is 0.320. The van der Waals surface area contributed by atoms with Crippen molar-refractivity contribution in [3.63, 3.8) is 0 Å². The number of fused-ring (bicyclic) bond motifs is 2. The van der Waals surface area contributed by atoms with Crippen molar-refractivity contribution in [1.82, 2.24) is 9.55 Å². The van der Waals surface area contributed by atoms with E-state index in [1.54, 1.807) is 0 Å². The molecule has 0 radical (unpaired) electrons. The molecule has 2 atom stereocenters. The Morgan fingerprint density at radius 3 is 2.87 bits per heavy atom. The zero-order valence-electron chi connectivity index (χ0n) is 17.4. The zero-order chi connectivity index (χ0) is 21.4. The van der Waals surface area contributed by atoms with E-state index in [-0.39, 0.29) is 24.2 Å². The molecule has 4 aromatic rings. The first-order chi connectivity index (χ1) is 15.1. The fourth-order valence-corrected chi connectivity index (χ4v) is 5.40. The lowest BCUT2D eigenvalue weighted by molar-refractivity contribution is -0.152. The Hall–Kier alpha value is -2.99. The summed E-state index contributed by atoms with van der Waals surface area (Å²) in [4.78, 5) is 30.9. The number of carbonyl (C=O) groups is 1. The molecule has 2 aromatic heterocycles. The summed E-state index contributed by atoms with van der Waals surface area (Å²) in [6.07, 6.45) is 5.47. The minimum Gasteiger partial charge on any atom is -0.461 e. The van der Waals surface area contributed by atoms with Gasteiger partial charge in [-0.1, -0.05) is 49.7 Å². The van der Waals surface area contributed by atoms with Gasteiger partial charge >= 0.3 is 5.97 Å². The van der Waals surface area contributed by atoms with Crippen molar-refractivity contribution in [2.24, 2.45) is 5.92 Å². The van der Waals surface area contributed by atoms with E-state index in [0.717, 1.165) is 41.2 Å². The highest BCUT2D eigenvalue weighted by molar-refractivity contribution is 7.17. The van der Waals surface area contributed by atoms with Crippen LogP contribution in [0.1, 0.15) is 32.6 Å². The van der Waals surface area contributed by atoms with Crippen molar-refractivity contribution < 1.29 is 9.53 Å². The minimum atomic E-state index is -0.371. The van der Waals surface area contributed by atoms with E-state index in [4.69, 9.17) is 4.74 Å². The van der Waals surface area contributed by atoms with E-state index in [1.807, 2.05) is 23.6 Å². The first-order valence-corrected chi connectivity index (χ1v) is 11.6. The van der Waals surface area contributed by atoms with Crippen LogP contribution in [0.2, 0.25) is 0 Å². The number of nitrogens with zero attached hydrogens (tertiary/aromatic N) is 2. The molecule has 2 aromatic carbocycles. The van der Waals surface area contributed by atoms with Crippen molar-refractivity contribution in [1.29, 1.82) is 0 Å². The largest absolute Gasteiger partial charge is 0.461 e. The molecule has 0 N–H and O–H groups in total. The molecule has 0 saturated heterocycles. The quantitative estimate of drug-likeness (QED) is 0.405. The second-order valence-electron chi connectivity index (χ2n) is 8.45. The highest BCUT2D eigenvalue weighted by atomic mass is 32.1. The molecule has 0 bridgehead atoms. The molecule has 5 rings (SSSR count). The van der Waals surface area contributed by atoms with Gasteiger partial charge < -0.3 is 4.74 Å². The summed E-state index contributed by atoms with van der Waals surface area (Å²) in [5.74, 6) is 0.201. The Kier molecular flexibility index (Phi) is 5.32. The summed E-state index contributed by atoms with van der Waals surface area (Å²) >= 11 is 1.44. The molecule has 5 nitrogen and oxygen atoms in total. The van der Waals surface area contributed by atoms with Crippen LogP contribution in [0.25, 0.3) is 32.1 Å². The maximum atomic E-state index is 13.2. The Labute approximate surface area is 184 Å². The maximum Gasteiger partial charge on any atom is 0.326 e. The lowest BCUT2D eigenvalue weighted by atomic mass is 9.89. The van der Waals surface area contributed by atoms with E-state index in [1.165, 1.54) is 28.7 Å². The molecule has 1 aliphatic carbocycles. The lowest BCUT2D eigenvalue weighted by Gasteiger charge is -2.26. The van der Waals surface area contributed by atoms with E-state index in [9.17, 15) is 9.59 Å². The van der Waals surface area contributed by atoms with E-state index < -0.39 is 0 Å². The summed E-state index contributed by atoms with van der Waals surface area (Å²) in [6, 6.07) is 14.3. The molecule has 31 heavy (non-hydrogen) atoms. The van der Waals surface area contributed by atoms with Gasteiger partial charge in [-0.25, -0.2) is 4.98 Å². The van der Waals surface area contributed by atoms with E-state index in [2.05, 4.69) is 36.2 Å². The molecule has 1 aliphatic rings. The topological polar surface area (TPSA) is 61.2 Å². The first kappa shape index (κ1) is 19.9. The van der Waals surface area contributed by atoms with Crippen LogP contribution in [0.3, 0.4) is 0 Å². The molecule has 158 valence electrons. The number of esters is 1. The summed E-state index contributed by atoms with van der Waals surface area (Å²) in [5.41, 5.74) is 1.62. The Bertz CT molecular complexity index is 1320. The minimum absolute atomic E-state index is 0.0436. The van der Waals surface area contributed by atoms with Gasteiger partial charge in [-0.2, -0.15) is 0 Å². The third-order valence-electron chi connectivity index (χ3n) is 6.11.